The van der Waals surface area contributed by atoms with Gasteiger partial charge in [-0.1, -0.05) is 32.6 Å². The normalized spacial score (nSPS) is 44.7. The standard InChI is InChI=1S/C15H24O6/c1-2-3-4-5-6-7-15(18)11-13(17)19-9-14(11)12(21-15)10(16)8-20-14/h10-12,16,18H,2-9H2,1H3. The van der Waals surface area contributed by atoms with Crippen LogP contribution in [0.3, 0.4) is 0 Å². The highest BCUT2D eigenvalue weighted by Gasteiger charge is 2.75. The van der Waals surface area contributed by atoms with Crippen LogP contribution in [0.1, 0.15) is 45.4 Å². The van der Waals surface area contributed by atoms with Gasteiger partial charge in [0.05, 0.1) is 6.61 Å². The zero-order chi connectivity index (χ0) is 15.1. The van der Waals surface area contributed by atoms with E-state index in [1.165, 1.54) is 6.42 Å². The van der Waals surface area contributed by atoms with Gasteiger partial charge in [0.15, 0.2) is 5.79 Å². The van der Waals surface area contributed by atoms with Gasteiger partial charge in [0.25, 0.3) is 0 Å². The lowest BCUT2D eigenvalue weighted by Crippen LogP contribution is -2.47. The number of hydrogen-bond acceptors (Lipinski definition) is 6. The molecule has 3 fully saturated rings. The van der Waals surface area contributed by atoms with Crippen LogP contribution >= 0.6 is 0 Å². The van der Waals surface area contributed by atoms with Gasteiger partial charge in [-0.25, -0.2) is 0 Å². The number of aliphatic hydroxyl groups is 2. The van der Waals surface area contributed by atoms with E-state index in [4.69, 9.17) is 14.2 Å². The average molecular weight is 300 g/mol. The van der Waals surface area contributed by atoms with Crippen molar-refractivity contribution in [1.82, 2.24) is 0 Å². The summed E-state index contributed by atoms with van der Waals surface area (Å²) in [7, 11) is 0. The van der Waals surface area contributed by atoms with E-state index in [0.29, 0.717) is 6.42 Å². The molecular formula is C15H24O6. The second-order valence-corrected chi connectivity index (χ2v) is 6.42. The lowest BCUT2D eigenvalue weighted by Gasteiger charge is -2.28. The van der Waals surface area contributed by atoms with Crippen LogP contribution in [-0.4, -0.2) is 53.0 Å². The molecule has 120 valence electrons. The van der Waals surface area contributed by atoms with E-state index in [-0.39, 0.29) is 13.2 Å². The molecule has 2 N–H and O–H groups in total. The molecule has 0 aliphatic carbocycles. The maximum absolute atomic E-state index is 12.0. The Labute approximate surface area is 124 Å². The zero-order valence-electron chi connectivity index (χ0n) is 12.4. The molecule has 21 heavy (non-hydrogen) atoms. The fourth-order valence-corrected chi connectivity index (χ4v) is 3.87. The first-order valence-electron chi connectivity index (χ1n) is 7.92. The lowest BCUT2D eigenvalue weighted by atomic mass is 9.81. The van der Waals surface area contributed by atoms with E-state index in [2.05, 4.69) is 6.92 Å². The van der Waals surface area contributed by atoms with Crippen molar-refractivity contribution < 1.29 is 29.2 Å². The summed E-state index contributed by atoms with van der Waals surface area (Å²) in [4.78, 5) is 12.0. The molecule has 6 nitrogen and oxygen atoms in total. The number of esters is 1. The first kappa shape index (κ1) is 15.2. The zero-order valence-corrected chi connectivity index (χ0v) is 12.4. The molecule has 0 saturated carbocycles. The average Bonchev–Trinajstić information content (AvgIpc) is 3.02. The van der Waals surface area contributed by atoms with Gasteiger partial charge >= 0.3 is 5.97 Å². The van der Waals surface area contributed by atoms with E-state index >= 15 is 0 Å². The van der Waals surface area contributed by atoms with Crippen molar-refractivity contribution in [3.05, 3.63) is 0 Å². The molecule has 5 atom stereocenters. The fraction of sp³-hybridized carbons (Fsp3) is 0.933. The lowest BCUT2D eigenvalue weighted by molar-refractivity contribution is -0.231. The van der Waals surface area contributed by atoms with Crippen LogP contribution in [0.5, 0.6) is 0 Å². The molecule has 3 heterocycles. The van der Waals surface area contributed by atoms with Gasteiger partial charge in [-0.15, -0.1) is 0 Å². The second kappa shape index (κ2) is 5.50. The molecule has 6 heteroatoms. The molecule has 1 spiro atoms. The van der Waals surface area contributed by atoms with Crippen LogP contribution in [0.15, 0.2) is 0 Å². The Morgan fingerprint density at radius 2 is 2.05 bits per heavy atom. The number of cyclic esters (lactones) is 1. The Bertz CT molecular complexity index is 413. The van der Waals surface area contributed by atoms with Crippen LogP contribution in [0.4, 0.5) is 0 Å². The van der Waals surface area contributed by atoms with E-state index in [1.807, 2.05) is 0 Å². The number of carbonyl (C=O) groups is 1. The molecule has 3 saturated heterocycles. The summed E-state index contributed by atoms with van der Waals surface area (Å²) in [5.41, 5.74) is -1.01. The van der Waals surface area contributed by atoms with E-state index in [9.17, 15) is 15.0 Å². The van der Waals surface area contributed by atoms with Crippen LogP contribution in [0, 0.1) is 5.92 Å². The minimum atomic E-state index is -1.58. The maximum atomic E-state index is 12.0. The minimum absolute atomic E-state index is 0.0520. The number of rotatable bonds is 6. The fourth-order valence-electron chi connectivity index (χ4n) is 3.87. The Morgan fingerprint density at radius 3 is 2.81 bits per heavy atom. The molecular weight excluding hydrogens is 276 g/mol. The van der Waals surface area contributed by atoms with Gasteiger partial charge in [-0.05, 0) is 6.42 Å². The number of carbonyl (C=O) groups excluding carboxylic acids is 1. The Kier molecular flexibility index (Phi) is 3.98. The summed E-state index contributed by atoms with van der Waals surface area (Å²) < 4.78 is 16.4. The van der Waals surface area contributed by atoms with E-state index < -0.39 is 35.5 Å². The van der Waals surface area contributed by atoms with Gasteiger partial charge in [0, 0.05) is 6.42 Å². The smallest absolute Gasteiger partial charge is 0.317 e. The quantitative estimate of drug-likeness (QED) is 0.556. The van der Waals surface area contributed by atoms with Crippen molar-refractivity contribution in [2.24, 2.45) is 5.92 Å². The third kappa shape index (κ3) is 2.29. The molecule has 0 radical (unpaired) electrons. The summed E-state index contributed by atoms with van der Waals surface area (Å²) in [6, 6.07) is 0. The Morgan fingerprint density at radius 1 is 1.29 bits per heavy atom. The molecule has 5 unspecified atom stereocenters. The second-order valence-electron chi connectivity index (χ2n) is 6.42. The number of unbranched alkanes of at least 4 members (excludes halogenated alkanes) is 4. The molecule has 0 bridgehead atoms. The summed E-state index contributed by atoms with van der Waals surface area (Å²) in [6.45, 7) is 2.31. The Hall–Kier alpha value is -0.690. The SMILES string of the molecule is CCCCCCCC1(O)OC2C(O)COC23COC(=O)C13. The number of hydrogen-bond donors (Lipinski definition) is 2. The van der Waals surface area contributed by atoms with Crippen molar-refractivity contribution in [3.8, 4) is 0 Å². The molecule has 3 aliphatic heterocycles. The topological polar surface area (TPSA) is 85.2 Å². The third-order valence-corrected chi connectivity index (χ3v) is 4.94. The van der Waals surface area contributed by atoms with Gasteiger partial charge in [0.1, 0.15) is 30.3 Å². The highest BCUT2D eigenvalue weighted by Crippen LogP contribution is 2.54. The van der Waals surface area contributed by atoms with Gasteiger partial charge in [-0.2, -0.15) is 0 Å². The molecule has 0 aromatic heterocycles. The van der Waals surface area contributed by atoms with Crippen LogP contribution < -0.4 is 0 Å². The highest BCUT2D eigenvalue weighted by molar-refractivity contribution is 5.78. The van der Waals surface area contributed by atoms with E-state index in [1.54, 1.807) is 0 Å². The van der Waals surface area contributed by atoms with E-state index in [0.717, 1.165) is 25.7 Å². The summed E-state index contributed by atoms with van der Waals surface area (Å²) in [5, 5.41) is 20.8. The molecule has 0 aromatic carbocycles. The maximum Gasteiger partial charge on any atom is 0.317 e. The summed E-state index contributed by atoms with van der Waals surface area (Å²) in [5.74, 6) is -2.91. The first-order chi connectivity index (χ1) is 10.0. The Balaban J connectivity index is 1.70. The van der Waals surface area contributed by atoms with Gasteiger partial charge in [-0.3, -0.25) is 4.79 Å². The van der Waals surface area contributed by atoms with Crippen molar-refractivity contribution in [1.29, 1.82) is 0 Å². The van der Waals surface area contributed by atoms with Crippen LogP contribution in [0.25, 0.3) is 0 Å². The van der Waals surface area contributed by atoms with Crippen molar-refractivity contribution >= 4 is 5.97 Å². The molecule has 0 aromatic rings. The predicted molar refractivity (Wildman–Crippen MR) is 72.3 cm³/mol. The molecule has 0 amide bonds. The van der Waals surface area contributed by atoms with Crippen LogP contribution in [-0.2, 0) is 19.0 Å². The summed E-state index contributed by atoms with van der Waals surface area (Å²) in [6.07, 6.45) is 4.05. The molecule has 3 aliphatic rings. The van der Waals surface area contributed by atoms with Crippen LogP contribution in [0.2, 0.25) is 0 Å². The number of aliphatic hydroxyl groups excluding tert-OH is 1. The monoisotopic (exact) mass is 300 g/mol. The van der Waals surface area contributed by atoms with Gasteiger partial charge in [0.2, 0.25) is 0 Å². The third-order valence-electron chi connectivity index (χ3n) is 4.94. The predicted octanol–water partition coefficient (Wildman–Crippen LogP) is 0.737. The summed E-state index contributed by atoms with van der Waals surface area (Å²) >= 11 is 0. The minimum Gasteiger partial charge on any atom is -0.462 e. The highest BCUT2D eigenvalue weighted by atomic mass is 16.7. The molecule has 3 rings (SSSR count). The van der Waals surface area contributed by atoms with Crippen molar-refractivity contribution in [2.45, 2.75) is 69.0 Å². The largest absolute Gasteiger partial charge is 0.462 e. The first-order valence-corrected chi connectivity index (χ1v) is 7.92. The van der Waals surface area contributed by atoms with Crippen molar-refractivity contribution in [3.63, 3.8) is 0 Å². The number of ether oxygens (including phenoxy) is 3. The van der Waals surface area contributed by atoms with Gasteiger partial charge < -0.3 is 24.4 Å². The van der Waals surface area contributed by atoms with Crippen molar-refractivity contribution in [2.75, 3.05) is 13.2 Å².